The molecule has 0 saturated heterocycles. The minimum atomic E-state index is -4.47. The van der Waals surface area contributed by atoms with E-state index in [4.69, 9.17) is 0 Å². The summed E-state index contributed by atoms with van der Waals surface area (Å²) in [5.41, 5.74) is -1.19. The highest BCUT2D eigenvalue weighted by atomic mass is 19.4. The molecule has 0 spiro atoms. The second-order valence-electron chi connectivity index (χ2n) is 3.50. The Balaban J connectivity index is 2.79. The van der Waals surface area contributed by atoms with Crippen molar-refractivity contribution in [2.75, 3.05) is 7.11 Å². The molecule has 1 aromatic carbocycles. The first-order valence-electron chi connectivity index (χ1n) is 5.01. The van der Waals surface area contributed by atoms with E-state index in [0.717, 1.165) is 31.4 Å². The number of benzene rings is 1. The number of carbonyl (C=O) groups is 2. The number of esters is 1. The topological polar surface area (TPSA) is 55.4 Å². The Morgan fingerprint density at radius 3 is 2.16 bits per heavy atom. The van der Waals surface area contributed by atoms with Crippen molar-refractivity contribution < 1.29 is 27.5 Å². The highest BCUT2D eigenvalue weighted by Crippen LogP contribution is 2.29. The number of methoxy groups -OCH3 is 1. The van der Waals surface area contributed by atoms with E-state index in [0.29, 0.717) is 0 Å². The van der Waals surface area contributed by atoms with Crippen molar-refractivity contribution in [2.45, 2.75) is 6.18 Å². The van der Waals surface area contributed by atoms with Crippen LogP contribution in [0.1, 0.15) is 15.9 Å². The molecule has 0 aliphatic heterocycles. The van der Waals surface area contributed by atoms with Crippen LogP contribution in [0.2, 0.25) is 0 Å². The summed E-state index contributed by atoms with van der Waals surface area (Å²) in [6.07, 6.45) is -4.47. The molecule has 4 nitrogen and oxygen atoms in total. The number of halogens is 3. The van der Waals surface area contributed by atoms with E-state index < -0.39 is 23.6 Å². The summed E-state index contributed by atoms with van der Waals surface area (Å²) in [6.45, 7) is 3.26. The van der Waals surface area contributed by atoms with Crippen LogP contribution in [0.3, 0.4) is 0 Å². The van der Waals surface area contributed by atoms with Crippen molar-refractivity contribution in [3.63, 3.8) is 0 Å². The number of carbonyl (C=O) groups excluding carboxylic acids is 2. The minimum absolute atomic E-state index is 0.0296. The largest absolute Gasteiger partial charge is 0.464 e. The summed E-state index contributed by atoms with van der Waals surface area (Å²) in [6, 6.07) is 3.55. The van der Waals surface area contributed by atoms with Gasteiger partial charge < -0.3 is 10.1 Å². The molecular weight excluding hydrogens is 263 g/mol. The summed E-state index contributed by atoms with van der Waals surface area (Å²) < 4.78 is 41.2. The van der Waals surface area contributed by atoms with Crippen LogP contribution < -0.4 is 5.32 Å². The van der Waals surface area contributed by atoms with E-state index in [1.807, 2.05) is 0 Å². The van der Waals surface area contributed by atoms with Crippen LogP contribution in [0.15, 0.2) is 36.5 Å². The zero-order valence-electron chi connectivity index (χ0n) is 9.88. The summed E-state index contributed by atoms with van der Waals surface area (Å²) in [4.78, 5) is 22.6. The summed E-state index contributed by atoms with van der Waals surface area (Å²) in [5, 5.41) is 2.12. The van der Waals surface area contributed by atoms with Gasteiger partial charge in [-0.25, -0.2) is 4.79 Å². The SMILES string of the molecule is C=C(NC(=O)c1ccc(C(F)(F)F)cc1)C(=O)OC. The third-order valence-electron chi connectivity index (χ3n) is 2.17. The van der Waals surface area contributed by atoms with Crippen LogP contribution in [0, 0.1) is 0 Å². The first-order valence-corrected chi connectivity index (χ1v) is 5.01. The standard InChI is InChI=1S/C12H10F3NO3/c1-7(11(18)19-2)16-10(17)8-3-5-9(6-4-8)12(13,14)15/h3-6H,1H2,2H3,(H,16,17). The average Bonchev–Trinajstić information content (AvgIpc) is 2.36. The van der Waals surface area contributed by atoms with Gasteiger partial charge in [0.25, 0.3) is 5.91 Å². The molecular formula is C12H10F3NO3. The lowest BCUT2D eigenvalue weighted by atomic mass is 10.1. The average molecular weight is 273 g/mol. The van der Waals surface area contributed by atoms with E-state index in [1.54, 1.807) is 0 Å². The number of rotatable bonds is 3. The van der Waals surface area contributed by atoms with E-state index >= 15 is 0 Å². The van der Waals surface area contributed by atoms with Gasteiger partial charge in [-0.05, 0) is 24.3 Å². The third kappa shape index (κ3) is 3.84. The Hall–Kier alpha value is -2.31. The maximum atomic E-state index is 12.3. The van der Waals surface area contributed by atoms with Crippen LogP contribution in [-0.4, -0.2) is 19.0 Å². The van der Waals surface area contributed by atoms with E-state index in [-0.39, 0.29) is 11.3 Å². The molecule has 102 valence electrons. The first-order chi connectivity index (χ1) is 8.75. The normalized spacial score (nSPS) is 10.7. The Morgan fingerprint density at radius 2 is 1.74 bits per heavy atom. The van der Waals surface area contributed by atoms with Gasteiger partial charge >= 0.3 is 12.1 Å². The third-order valence-corrected chi connectivity index (χ3v) is 2.17. The molecule has 0 heterocycles. The molecule has 0 fully saturated rings. The molecule has 0 aliphatic rings. The van der Waals surface area contributed by atoms with Crippen molar-refractivity contribution in [3.05, 3.63) is 47.7 Å². The number of amides is 1. The predicted molar refractivity (Wildman–Crippen MR) is 60.1 cm³/mol. The maximum absolute atomic E-state index is 12.3. The van der Waals surface area contributed by atoms with Gasteiger partial charge in [0, 0.05) is 5.56 Å². The van der Waals surface area contributed by atoms with Crippen molar-refractivity contribution in [3.8, 4) is 0 Å². The Bertz CT molecular complexity index is 506. The summed E-state index contributed by atoms with van der Waals surface area (Å²) in [7, 11) is 1.11. The number of hydrogen-bond donors (Lipinski definition) is 1. The first kappa shape index (κ1) is 14.7. The van der Waals surface area contributed by atoms with Crippen LogP contribution >= 0.6 is 0 Å². The van der Waals surface area contributed by atoms with Crippen molar-refractivity contribution >= 4 is 11.9 Å². The molecule has 7 heteroatoms. The van der Waals surface area contributed by atoms with Crippen molar-refractivity contribution in [2.24, 2.45) is 0 Å². The monoisotopic (exact) mass is 273 g/mol. The highest BCUT2D eigenvalue weighted by molar-refractivity contribution is 6.00. The number of nitrogens with one attached hydrogen (secondary N) is 1. The molecule has 1 rings (SSSR count). The molecule has 19 heavy (non-hydrogen) atoms. The van der Waals surface area contributed by atoms with Gasteiger partial charge in [0.2, 0.25) is 0 Å². The van der Waals surface area contributed by atoms with Gasteiger partial charge in [-0.15, -0.1) is 0 Å². The zero-order chi connectivity index (χ0) is 14.6. The quantitative estimate of drug-likeness (QED) is 0.678. The fourth-order valence-electron chi connectivity index (χ4n) is 1.19. The molecule has 1 N–H and O–H groups in total. The van der Waals surface area contributed by atoms with Crippen LogP contribution in [-0.2, 0) is 15.7 Å². The van der Waals surface area contributed by atoms with Crippen LogP contribution in [0.25, 0.3) is 0 Å². The van der Waals surface area contributed by atoms with E-state index in [9.17, 15) is 22.8 Å². The summed E-state index contributed by atoms with van der Waals surface area (Å²) >= 11 is 0. The lowest BCUT2D eigenvalue weighted by molar-refractivity contribution is -0.138. The van der Waals surface area contributed by atoms with Gasteiger partial charge in [0.15, 0.2) is 0 Å². The van der Waals surface area contributed by atoms with Gasteiger partial charge in [-0.2, -0.15) is 13.2 Å². The molecule has 0 aliphatic carbocycles. The highest BCUT2D eigenvalue weighted by Gasteiger charge is 2.30. The van der Waals surface area contributed by atoms with Gasteiger partial charge in [-0.1, -0.05) is 6.58 Å². The number of hydrogen-bond acceptors (Lipinski definition) is 3. The lowest BCUT2D eigenvalue weighted by Crippen LogP contribution is -2.27. The fraction of sp³-hybridized carbons (Fsp3) is 0.167. The molecule has 0 radical (unpaired) electrons. The Kier molecular flexibility index (Phi) is 4.31. The van der Waals surface area contributed by atoms with Gasteiger partial charge in [0.1, 0.15) is 5.70 Å². The van der Waals surface area contributed by atoms with Crippen molar-refractivity contribution in [1.82, 2.24) is 5.32 Å². The zero-order valence-corrected chi connectivity index (χ0v) is 9.88. The van der Waals surface area contributed by atoms with Gasteiger partial charge in [0.05, 0.1) is 12.7 Å². The molecule has 0 unspecified atom stereocenters. The predicted octanol–water partition coefficient (Wildman–Crippen LogP) is 2.12. The minimum Gasteiger partial charge on any atom is -0.464 e. The smallest absolute Gasteiger partial charge is 0.416 e. The Labute approximate surface area is 106 Å². The Morgan fingerprint density at radius 1 is 1.21 bits per heavy atom. The molecule has 0 bridgehead atoms. The molecule has 0 aromatic heterocycles. The maximum Gasteiger partial charge on any atom is 0.416 e. The second kappa shape index (κ2) is 5.55. The number of ether oxygens (including phenoxy) is 1. The molecule has 0 saturated carbocycles. The molecule has 0 atom stereocenters. The van der Waals surface area contributed by atoms with Crippen molar-refractivity contribution in [1.29, 1.82) is 0 Å². The van der Waals surface area contributed by atoms with Crippen LogP contribution in [0.5, 0.6) is 0 Å². The molecule has 1 amide bonds. The summed E-state index contributed by atoms with van der Waals surface area (Å²) in [5.74, 6) is -1.58. The lowest BCUT2D eigenvalue weighted by Gasteiger charge is -2.08. The van der Waals surface area contributed by atoms with E-state index in [2.05, 4.69) is 16.6 Å². The van der Waals surface area contributed by atoms with Crippen LogP contribution in [0.4, 0.5) is 13.2 Å². The molecule has 1 aromatic rings. The van der Waals surface area contributed by atoms with Gasteiger partial charge in [-0.3, -0.25) is 4.79 Å². The van der Waals surface area contributed by atoms with E-state index in [1.165, 1.54) is 0 Å². The fourth-order valence-corrected chi connectivity index (χ4v) is 1.19. The number of alkyl halides is 3. The second-order valence-corrected chi connectivity index (χ2v) is 3.50.